The Kier molecular flexibility index (Phi) is 5.55. The van der Waals surface area contributed by atoms with Crippen LogP contribution >= 0.6 is 11.6 Å². The predicted octanol–water partition coefficient (Wildman–Crippen LogP) is 1.86. The van der Waals surface area contributed by atoms with E-state index in [1.165, 1.54) is 4.90 Å². The maximum absolute atomic E-state index is 12.3. The van der Waals surface area contributed by atoms with Gasteiger partial charge in [-0.1, -0.05) is 29.8 Å². The van der Waals surface area contributed by atoms with Crippen molar-refractivity contribution in [2.75, 3.05) is 19.7 Å². The van der Waals surface area contributed by atoms with E-state index in [0.29, 0.717) is 18.0 Å². The van der Waals surface area contributed by atoms with E-state index >= 15 is 0 Å². The van der Waals surface area contributed by atoms with Crippen molar-refractivity contribution >= 4 is 29.3 Å². The van der Waals surface area contributed by atoms with Crippen LogP contribution in [0, 0.1) is 5.92 Å². The van der Waals surface area contributed by atoms with Crippen LogP contribution in [0.15, 0.2) is 24.3 Å². The summed E-state index contributed by atoms with van der Waals surface area (Å²) < 4.78 is 4.88. The van der Waals surface area contributed by atoms with Crippen molar-refractivity contribution in [3.05, 3.63) is 34.9 Å². The van der Waals surface area contributed by atoms with Crippen LogP contribution in [0.2, 0.25) is 5.02 Å². The normalized spacial score (nSPS) is 18.2. The first-order valence-electron chi connectivity index (χ1n) is 7.23. The first-order valence-corrected chi connectivity index (χ1v) is 7.61. The number of hydrogen-bond donors (Lipinski definition) is 0. The number of benzene rings is 1. The Bertz CT molecular complexity index is 587. The number of rotatable bonds is 4. The number of carbonyl (C=O) groups is 3. The van der Waals surface area contributed by atoms with Gasteiger partial charge in [0, 0.05) is 11.6 Å². The third-order valence-corrected chi connectivity index (χ3v) is 4.02. The molecule has 0 N–H and O–H groups in total. The summed E-state index contributed by atoms with van der Waals surface area (Å²) in [5.74, 6) is -1.67. The highest BCUT2D eigenvalue weighted by molar-refractivity contribution is 6.31. The molecule has 1 aliphatic heterocycles. The fourth-order valence-electron chi connectivity index (χ4n) is 2.44. The van der Waals surface area contributed by atoms with Gasteiger partial charge in [-0.05, 0) is 25.0 Å². The molecule has 5 nitrogen and oxygen atoms in total. The van der Waals surface area contributed by atoms with Gasteiger partial charge in [0.1, 0.15) is 5.92 Å². The predicted molar refractivity (Wildman–Crippen MR) is 81.5 cm³/mol. The van der Waals surface area contributed by atoms with E-state index < -0.39 is 11.9 Å². The zero-order chi connectivity index (χ0) is 16.1. The Morgan fingerprint density at radius 2 is 2.09 bits per heavy atom. The molecule has 1 fully saturated rings. The van der Waals surface area contributed by atoms with Crippen LogP contribution < -0.4 is 0 Å². The van der Waals surface area contributed by atoms with Crippen LogP contribution in [-0.2, 0) is 25.5 Å². The molecule has 1 saturated heterocycles. The third-order valence-electron chi connectivity index (χ3n) is 3.65. The van der Waals surface area contributed by atoms with Crippen LogP contribution in [-0.4, -0.2) is 42.3 Å². The Morgan fingerprint density at radius 3 is 2.73 bits per heavy atom. The summed E-state index contributed by atoms with van der Waals surface area (Å²) in [6.07, 6.45) is 0.461. The van der Waals surface area contributed by atoms with Gasteiger partial charge in [0.25, 0.3) is 0 Å². The van der Waals surface area contributed by atoms with Gasteiger partial charge in [-0.15, -0.1) is 0 Å². The Morgan fingerprint density at radius 1 is 1.36 bits per heavy atom. The fraction of sp³-hybridized carbons (Fsp3) is 0.438. The molecule has 118 valence electrons. The van der Waals surface area contributed by atoms with Crippen molar-refractivity contribution in [3.8, 4) is 0 Å². The van der Waals surface area contributed by atoms with Crippen molar-refractivity contribution in [2.24, 2.45) is 5.92 Å². The summed E-state index contributed by atoms with van der Waals surface area (Å²) >= 11 is 6.04. The number of esters is 1. The molecule has 6 heteroatoms. The van der Waals surface area contributed by atoms with Gasteiger partial charge in [-0.3, -0.25) is 14.4 Å². The number of Topliss-reactive ketones (excluding diaryl/α,β-unsaturated/α-hetero) is 1. The monoisotopic (exact) mass is 323 g/mol. The first-order chi connectivity index (χ1) is 10.5. The Labute approximate surface area is 134 Å². The van der Waals surface area contributed by atoms with Crippen LogP contribution in [0.25, 0.3) is 0 Å². The second kappa shape index (κ2) is 7.40. The number of ketones is 1. The minimum Gasteiger partial charge on any atom is -0.465 e. The second-order valence-corrected chi connectivity index (χ2v) is 5.55. The number of hydrogen-bond acceptors (Lipinski definition) is 4. The Hall–Kier alpha value is -1.88. The summed E-state index contributed by atoms with van der Waals surface area (Å²) in [7, 11) is 0. The number of ether oxygens (including phenoxy) is 1. The highest BCUT2D eigenvalue weighted by Crippen LogP contribution is 2.19. The lowest BCUT2D eigenvalue weighted by molar-refractivity contribution is -0.155. The van der Waals surface area contributed by atoms with Crippen molar-refractivity contribution in [1.82, 2.24) is 4.90 Å². The largest absolute Gasteiger partial charge is 0.465 e. The third kappa shape index (κ3) is 3.85. The SMILES string of the molecule is CCOC(=O)C1CCN(C(=O)Cc2ccccc2Cl)CC1=O. The fourth-order valence-corrected chi connectivity index (χ4v) is 2.65. The van der Waals surface area contributed by atoms with Gasteiger partial charge < -0.3 is 9.64 Å². The molecular weight excluding hydrogens is 306 g/mol. The van der Waals surface area contributed by atoms with E-state index in [2.05, 4.69) is 0 Å². The summed E-state index contributed by atoms with van der Waals surface area (Å²) in [4.78, 5) is 37.4. The van der Waals surface area contributed by atoms with Gasteiger partial charge in [0.15, 0.2) is 5.78 Å². The molecule has 1 unspecified atom stereocenters. The minimum absolute atomic E-state index is 0.0488. The van der Waals surface area contributed by atoms with Crippen molar-refractivity contribution in [3.63, 3.8) is 0 Å². The summed E-state index contributed by atoms with van der Waals surface area (Å²) in [6.45, 7) is 2.27. The average molecular weight is 324 g/mol. The van der Waals surface area contributed by atoms with Crippen LogP contribution in [0.5, 0.6) is 0 Å². The van der Waals surface area contributed by atoms with Crippen molar-refractivity contribution < 1.29 is 19.1 Å². The lowest BCUT2D eigenvalue weighted by atomic mass is 9.95. The molecule has 0 spiro atoms. The van der Waals surface area contributed by atoms with Gasteiger partial charge in [-0.2, -0.15) is 0 Å². The van der Waals surface area contributed by atoms with Gasteiger partial charge >= 0.3 is 5.97 Å². The maximum Gasteiger partial charge on any atom is 0.316 e. The lowest BCUT2D eigenvalue weighted by Crippen LogP contribution is -2.47. The molecule has 1 aromatic rings. The lowest BCUT2D eigenvalue weighted by Gasteiger charge is -2.30. The second-order valence-electron chi connectivity index (χ2n) is 5.14. The topological polar surface area (TPSA) is 63.7 Å². The summed E-state index contributed by atoms with van der Waals surface area (Å²) in [5.41, 5.74) is 0.731. The zero-order valence-electron chi connectivity index (χ0n) is 12.4. The Balaban J connectivity index is 1.95. The molecule has 0 saturated carbocycles. The van der Waals surface area contributed by atoms with E-state index in [9.17, 15) is 14.4 Å². The molecule has 0 aromatic heterocycles. The van der Waals surface area contributed by atoms with E-state index in [4.69, 9.17) is 16.3 Å². The number of carbonyl (C=O) groups excluding carboxylic acids is 3. The van der Waals surface area contributed by atoms with E-state index in [1.807, 2.05) is 6.07 Å². The number of amides is 1. The average Bonchev–Trinajstić information content (AvgIpc) is 2.49. The van der Waals surface area contributed by atoms with E-state index in [1.54, 1.807) is 25.1 Å². The molecule has 0 aliphatic carbocycles. The highest BCUT2D eigenvalue weighted by atomic mass is 35.5. The molecule has 0 bridgehead atoms. The van der Waals surface area contributed by atoms with Crippen LogP contribution in [0.3, 0.4) is 0 Å². The molecule has 1 amide bonds. The minimum atomic E-state index is -0.746. The molecule has 22 heavy (non-hydrogen) atoms. The molecule has 2 rings (SSSR count). The van der Waals surface area contributed by atoms with Crippen molar-refractivity contribution in [2.45, 2.75) is 19.8 Å². The number of halogens is 1. The maximum atomic E-state index is 12.3. The molecule has 1 atom stereocenters. The number of nitrogens with zero attached hydrogens (tertiary/aromatic N) is 1. The van der Waals surface area contributed by atoms with Crippen LogP contribution in [0.1, 0.15) is 18.9 Å². The number of likely N-dealkylation sites (tertiary alicyclic amines) is 1. The van der Waals surface area contributed by atoms with E-state index in [-0.39, 0.29) is 31.3 Å². The molecule has 0 radical (unpaired) electrons. The van der Waals surface area contributed by atoms with Gasteiger partial charge in [-0.25, -0.2) is 0 Å². The molecule has 1 aromatic carbocycles. The van der Waals surface area contributed by atoms with Crippen molar-refractivity contribution in [1.29, 1.82) is 0 Å². The standard InChI is InChI=1S/C16H18ClNO4/c1-2-22-16(21)12-7-8-18(10-14(12)19)15(20)9-11-5-3-4-6-13(11)17/h3-6,12H,2,7-10H2,1H3. The highest BCUT2D eigenvalue weighted by Gasteiger charge is 2.35. The van der Waals surface area contributed by atoms with Gasteiger partial charge in [0.2, 0.25) is 5.91 Å². The summed E-state index contributed by atoms with van der Waals surface area (Å²) in [5, 5.41) is 0.531. The molecule has 1 aliphatic rings. The zero-order valence-corrected chi connectivity index (χ0v) is 13.1. The van der Waals surface area contributed by atoms with E-state index in [0.717, 1.165) is 5.56 Å². The number of piperidine rings is 1. The quantitative estimate of drug-likeness (QED) is 0.627. The molecular formula is C16H18ClNO4. The summed E-state index contributed by atoms with van der Waals surface area (Å²) in [6, 6.07) is 7.12. The molecule has 1 heterocycles. The van der Waals surface area contributed by atoms with Crippen LogP contribution in [0.4, 0.5) is 0 Å². The smallest absolute Gasteiger partial charge is 0.316 e. The first kappa shape index (κ1) is 16.5. The van der Waals surface area contributed by atoms with Gasteiger partial charge in [0.05, 0.1) is 19.6 Å².